The summed E-state index contributed by atoms with van der Waals surface area (Å²) in [7, 11) is 0. The second-order valence-corrected chi connectivity index (χ2v) is 7.93. The molecule has 0 aliphatic carbocycles. The molecule has 3 aromatic carbocycles. The molecule has 5 rings (SSSR count). The van der Waals surface area contributed by atoms with E-state index in [9.17, 15) is 4.79 Å². The Balaban J connectivity index is 1.60. The summed E-state index contributed by atoms with van der Waals surface area (Å²) in [6.07, 6.45) is 0.752. The van der Waals surface area contributed by atoms with E-state index in [1.165, 1.54) is 5.56 Å². The van der Waals surface area contributed by atoms with Crippen LogP contribution in [0.4, 0.5) is 11.5 Å². The van der Waals surface area contributed by atoms with Crippen LogP contribution >= 0.6 is 11.6 Å². The van der Waals surface area contributed by atoms with Gasteiger partial charge in [-0.15, -0.1) is 0 Å². The summed E-state index contributed by atoms with van der Waals surface area (Å²) in [6, 6.07) is 24.6. The van der Waals surface area contributed by atoms with E-state index in [2.05, 4.69) is 17.4 Å². The number of halogens is 1. The lowest BCUT2D eigenvalue weighted by molar-refractivity contribution is 0.102. The van der Waals surface area contributed by atoms with Gasteiger partial charge in [-0.2, -0.15) is 0 Å². The van der Waals surface area contributed by atoms with Gasteiger partial charge in [0.05, 0.1) is 11.0 Å². The molecule has 6 nitrogen and oxygen atoms in total. The highest BCUT2D eigenvalue weighted by Crippen LogP contribution is 2.29. The van der Waals surface area contributed by atoms with E-state index < -0.39 is 0 Å². The fourth-order valence-corrected chi connectivity index (χ4v) is 3.91. The smallest absolute Gasteiger partial charge is 0.261 e. The van der Waals surface area contributed by atoms with E-state index >= 15 is 0 Å². The lowest BCUT2D eigenvalue weighted by atomic mass is 10.1. The highest BCUT2D eigenvalue weighted by atomic mass is 35.5. The molecule has 1 amide bonds. The maximum absolute atomic E-state index is 13.3. The molecule has 5 aromatic rings. The number of benzene rings is 3. The Morgan fingerprint density at radius 1 is 0.906 bits per heavy atom. The summed E-state index contributed by atoms with van der Waals surface area (Å²) in [5, 5.41) is 3.49. The molecule has 0 fully saturated rings. The highest BCUT2D eigenvalue weighted by molar-refractivity contribution is 6.30. The normalized spacial score (nSPS) is 11.2. The largest absolute Gasteiger partial charge is 0.384 e. The van der Waals surface area contributed by atoms with E-state index in [0.717, 1.165) is 11.9 Å². The molecule has 2 heterocycles. The third-order valence-electron chi connectivity index (χ3n) is 5.39. The van der Waals surface area contributed by atoms with Crippen LogP contribution in [0.1, 0.15) is 15.9 Å². The number of carbonyl (C=O) groups excluding carboxylic acids is 1. The minimum absolute atomic E-state index is 0.321. The molecule has 2 aromatic heterocycles. The molecule has 0 radical (unpaired) electrons. The van der Waals surface area contributed by atoms with E-state index in [0.29, 0.717) is 45.3 Å². The van der Waals surface area contributed by atoms with Crippen molar-refractivity contribution >= 4 is 51.2 Å². The van der Waals surface area contributed by atoms with Crippen molar-refractivity contribution in [3.63, 3.8) is 0 Å². The number of carbonyl (C=O) groups is 1. The number of hydrogen-bond acceptors (Lipinski definition) is 4. The lowest BCUT2D eigenvalue weighted by Gasteiger charge is -2.08. The summed E-state index contributed by atoms with van der Waals surface area (Å²) in [5.41, 5.74) is 11.2. The summed E-state index contributed by atoms with van der Waals surface area (Å²) in [5.74, 6) is 0.00978. The van der Waals surface area contributed by atoms with Crippen molar-refractivity contribution < 1.29 is 4.79 Å². The quantitative estimate of drug-likeness (QED) is 0.386. The number of aryl methyl sites for hydroxylation is 2. The Morgan fingerprint density at radius 3 is 2.28 bits per heavy atom. The number of nitrogens with two attached hydrogens (primary N) is 1. The molecular formula is C25H20ClN5O. The molecule has 0 saturated carbocycles. The lowest BCUT2D eigenvalue weighted by Crippen LogP contribution is -2.15. The average Bonchev–Trinajstić information content (AvgIpc) is 3.08. The van der Waals surface area contributed by atoms with Gasteiger partial charge in [0.15, 0.2) is 5.65 Å². The topological polar surface area (TPSA) is 85.8 Å². The number of nitrogens with zero attached hydrogens (tertiary/aromatic N) is 3. The van der Waals surface area contributed by atoms with Crippen LogP contribution in [0.3, 0.4) is 0 Å². The Hall–Kier alpha value is -3.90. The van der Waals surface area contributed by atoms with Crippen LogP contribution in [0.25, 0.3) is 22.2 Å². The van der Waals surface area contributed by atoms with Crippen molar-refractivity contribution in [1.82, 2.24) is 14.5 Å². The second-order valence-electron chi connectivity index (χ2n) is 7.49. The zero-order valence-corrected chi connectivity index (χ0v) is 17.9. The number of aromatic nitrogens is 3. The predicted molar refractivity (Wildman–Crippen MR) is 129 cm³/mol. The first kappa shape index (κ1) is 20.0. The molecule has 158 valence electrons. The summed E-state index contributed by atoms with van der Waals surface area (Å²) < 4.78 is 1.87. The van der Waals surface area contributed by atoms with Gasteiger partial charge in [0.1, 0.15) is 16.9 Å². The molecular weight excluding hydrogens is 422 g/mol. The Morgan fingerprint density at radius 2 is 1.56 bits per heavy atom. The number of rotatable bonds is 5. The average molecular weight is 442 g/mol. The maximum atomic E-state index is 13.3. The molecule has 7 heteroatoms. The van der Waals surface area contributed by atoms with E-state index in [-0.39, 0.29) is 5.91 Å². The molecule has 0 atom stereocenters. The molecule has 0 unspecified atom stereocenters. The van der Waals surface area contributed by atoms with Crippen molar-refractivity contribution in [2.24, 2.45) is 0 Å². The van der Waals surface area contributed by atoms with Crippen molar-refractivity contribution in [2.45, 2.75) is 13.0 Å². The van der Waals surface area contributed by atoms with Gasteiger partial charge in [0.25, 0.3) is 5.91 Å². The van der Waals surface area contributed by atoms with E-state index in [1.807, 2.05) is 47.0 Å². The zero-order valence-electron chi connectivity index (χ0n) is 17.1. The standard InChI is InChI=1S/C25H20ClN5O/c26-17-10-12-18(13-11-17)28-25(32)21-22-24(30-20-9-5-4-8-19(20)29-22)31(23(21)27)15-14-16-6-2-1-3-7-16/h1-13H,14-15,27H2,(H,28,32). The molecule has 0 aliphatic rings. The zero-order chi connectivity index (χ0) is 22.1. The van der Waals surface area contributed by atoms with Gasteiger partial charge in [-0.3, -0.25) is 4.79 Å². The number of fused-ring (bicyclic) bond motifs is 2. The van der Waals surface area contributed by atoms with Gasteiger partial charge in [-0.1, -0.05) is 54.1 Å². The maximum Gasteiger partial charge on any atom is 0.261 e. The van der Waals surface area contributed by atoms with E-state index in [4.69, 9.17) is 27.3 Å². The number of nitrogen functional groups attached to an aromatic ring is 1. The Bertz CT molecular complexity index is 1430. The minimum Gasteiger partial charge on any atom is -0.384 e. The van der Waals surface area contributed by atoms with Crippen molar-refractivity contribution in [1.29, 1.82) is 0 Å². The number of para-hydroxylation sites is 2. The van der Waals surface area contributed by atoms with Crippen LogP contribution in [0.5, 0.6) is 0 Å². The Labute approximate surface area is 189 Å². The molecule has 32 heavy (non-hydrogen) atoms. The van der Waals surface area contributed by atoms with Crippen molar-refractivity contribution in [3.8, 4) is 0 Å². The van der Waals surface area contributed by atoms with Crippen LogP contribution in [-0.4, -0.2) is 20.4 Å². The van der Waals surface area contributed by atoms with Crippen LogP contribution in [-0.2, 0) is 13.0 Å². The van der Waals surface area contributed by atoms with Crippen molar-refractivity contribution in [3.05, 3.63) is 95.0 Å². The first-order valence-electron chi connectivity index (χ1n) is 10.3. The van der Waals surface area contributed by atoms with E-state index in [1.54, 1.807) is 24.3 Å². The highest BCUT2D eigenvalue weighted by Gasteiger charge is 2.24. The minimum atomic E-state index is -0.335. The first-order valence-corrected chi connectivity index (χ1v) is 10.6. The molecule has 0 aliphatic heterocycles. The monoisotopic (exact) mass is 441 g/mol. The molecule has 0 bridgehead atoms. The van der Waals surface area contributed by atoms with Gasteiger partial charge in [0, 0.05) is 17.3 Å². The van der Waals surface area contributed by atoms with Crippen molar-refractivity contribution in [2.75, 3.05) is 11.1 Å². The molecule has 0 saturated heterocycles. The van der Waals surface area contributed by atoms with Crippen LogP contribution in [0.2, 0.25) is 5.02 Å². The van der Waals surface area contributed by atoms with Gasteiger partial charge < -0.3 is 15.6 Å². The number of anilines is 2. The number of amides is 1. The van der Waals surface area contributed by atoms with Crippen LogP contribution in [0.15, 0.2) is 78.9 Å². The fraction of sp³-hybridized carbons (Fsp3) is 0.0800. The number of nitrogens with one attached hydrogen (secondary N) is 1. The predicted octanol–water partition coefficient (Wildman–Crippen LogP) is 5.32. The SMILES string of the molecule is Nc1c(C(=O)Nc2ccc(Cl)cc2)c2nc3ccccc3nc2n1CCc1ccccc1. The van der Waals surface area contributed by atoms with Crippen LogP contribution < -0.4 is 11.1 Å². The van der Waals surface area contributed by atoms with Crippen LogP contribution in [0, 0.1) is 0 Å². The number of hydrogen-bond donors (Lipinski definition) is 2. The van der Waals surface area contributed by atoms with Gasteiger partial charge >= 0.3 is 0 Å². The Kier molecular flexibility index (Phi) is 5.21. The first-order chi connectivity index (χ1) is 15.6. The fourth-order valence-electron chi connectivity index (χ4n) is 3.78. The molecule has 3 N–H and O–H groups in total. The van der Waals surface area contributed by atoms with Gasteiger partial charge in [0.2, 0.25) is 0 Å². The summed E-state index contributed by atoms with van der Waals surface area (Å²) in [4.78, 5) is 22.8. The third kappa shape index (κ3) is 3.76. The summed E-state index contributed by atoms with van der Waals surface area (Å²) >= 11 is 5.96. The van der Waals surface area contributed by atoms with Gasteiger partial charge in [-0.25, -0.2) is 9.97 Å². The molecule has 0 spiro atoms. The second kappa shape index (κ2) is 8.32. The summed E-state index contributed by atoms with van der Waals surface area (Å²) in [6.45, 7) is 0.577. The third-order valence-corrected chi connectivity index (χ3v) is 5.64. The van der Waals surface area contributed by atoms with Gasteiger partial charge in [-0.05, 0) is 48.4 Å².